The highest BCUT2D eigenvalue weighted by Gasteiger charge is 2.23. The number of nitrogens with zero attached hydrogens (tertiary/aromatic N) is 2. The molecule has 0 aromatic heterocycles. The Balaban J connectivity index is 5.08. The van der Waals surface area contributed by atoms with Crippen LogP contribution in [-0.2, 0) is 0 Å². The topological polar surface area (TPSA) is 24.7 Å². The van der Waals surface area contributed by atoms with Crippen LogP contribution in [0, 0.1) is 10.8 Å². The lowest BCUT2D eigenvalue weighted by molar-refractivity contribution is 0.577. The second-order valence-electron chi connectivity index (χ2n) is 6.33. The minimum absolute atomic E-state index is 0.0355. The Kier molecular flexibility index (Phi) is 6.23. The van der Waals surface area contributed by atoms with Crippen LogP contribution in [0.25, 0.3) is 0 Å². The van der Waals surface area contributed by atoms with Gasteiger partial charge in [0.15, 0.2) is 0 Å². The van der Waals surface area contributed by atoms with Crippen LogP contribution < -0.4 is 0 Å². The minimum atomic E-state index is -0.432. The van der Waals surface area contributed by atoms with E-state index in [0.29, 0.717) is 6.32 Å². The van der Waals surface area contributed by atoms with E-state index >= 15 is 0 Å². The smallest absolute Gasteiger partial charge is 0.171 e. The Labute approximate surface area is 116 Å². The van der Waals surface area contributed by atoms with Gasteiger partial charge in [0, 0.05) is 22.3 Å². The van der Waals surface area contributed by atoms with Gasteiger partial charge in [0.25, 0.3) is 0 Å². The molecule has 0 aromatic rings. The number of hydrogen-bond acceptors (Lipinski definition) is 2. The fraction of sp³-hybridized carbons (Fsp3) is 0.833. The van der Waals surface area contributed by atoms with Crippen molar-refractivity contribution >= 4 is 39.9 Å². The van der Waals surface area contributed by atoms with Crippen LogP contribution in [-0.4, -0.2) is 17.0 Å². The van der Waals surface area contributed by atoms with Crippen molar-refractivity contribution in [3.63, 3.8) is 0 Å². The van der Waals surface area contributed by atoms with Crippen molar-refractivity contribution in [1.82, 2.24) is 0 Å². The van der Waals surface area contributed by atoms with Crippen LogP contribution >= 0.6 is 22.9 Å². The Morgan fingerprint density at radius 1 is 0.941 bits per heavy atom. The maximum Gasteiger partial charge on any atom is 0.357 e. The van der Waals surface area contributed by atoms with E-state index in [1.165, 1.54) is 0 Å². The van der Waals surface area contributed by atoms with Crippen molar-refractivity contribution in [2.75, 3.05) is 0 Å². The van der Waals surface area contributed by atoms with Crippen molar-refractivity contribution < 1.29 is 0 Å². The summed E-state index contributed by atoms with van der Waals surface area (Å²) < 4.78 is 0. The van der Waals surface area contributed by atoms with E-state index in [1.54, 1.807) is 0 Å². The normalized spacial score (nSPS) is 15.1. The first-order valence-electron chi connectivity index (χ1n) is 5.85. The SMILES string of the molecule is C/C(=N\N=C(\CB(Cl)Cl)C(C)(C)C)C(C)(C)C. The van der Waals surface area contributed by atoms with Crippen LogP contribution in [0.1, 0.15) is 48.5 Å². The summed E-state index contributed by atoms with van der Waals surface area (Å²) >= 11 is 11.6. The van der Waals surface area contributed by atoms with Crippen molar-refractivity contribution in [3.8, 4) is 0 Å². The van der Waals surface area contributed by atoms with E-state index in [-0.39, 0.29) is 10.8 Å². The predicted octanol–water partition coefficient (Wildman–Crippen LogP) is 4.86. The van der Waals surface area contributed by atoms with Gasteiger partial charge in [-0.1, -0.05) is 41.5 Å². The zero-order valence-corrected chi connectivity index (χ0v) is 13.4. The summed E-state index contributed by atoms with van der Waals surface area (Å²) in [6.07, 6.45) is 0.549. The molecule has 0 heterocycles. The Hall–Kier alpha value is -0.0151. The van der Waals surface area contributed by atoms with Gasteiger partial charge in [0.1, 0.15) is 0 Å². The third-order valence-corrected chi connectivity index (χ3v) is 2.93. The standard InChI is InChI=1S/C12H23BCl2N2/c1-9(11(2,3)4)16-17-10(8-13(14)15)12(5,6)7/h8H2,1-7H3/b16-9+,17-10-. The van der Waals surface area contributed by atoms with E-state index in [2.05, 4.69) is 51.7 Å². The largest absolute Gasteiger partial charge is 0.357 e. The number of halogens is 2. The van der Waals surface area contributed by atoms with Crippen LogP contribution in [0.5, 0.6) is 0 Å². The molecule has 98 valence electrons. The molecule has 0 saturated carbocycles. The Morgan fingerprint density at radius 2 is 1.41 bits per heavy atom. The molecular weight excluding hydrogens is 254 g/mol. The second-order valence-corrected chi connectivity index (χ2v) is 7.60. The van der Waals surface area contributed by atoms with Gasteiger partial charge in [0.2, 0.25) is 0 Å². The molecule has 0 aliphatic carbocycles. The maximum atomic E-state index is 5.82. The van der Waals surface area contributed by atoms with Gasteiger partial charge in [-0.05, 0) is 13.2 Å². The average Bonchev–Trinajstić information content (AvgIpc) is 2.07. The van der Waals surface area contributed by atoms with Gasteiger partial charge >= 0.3 is 5.54 Å². The predicted molar refractivity (Wildman–Crippen MR) is 81.7 cm³/mol. The Morgan fingerprint density at radius 3 is 1.71 bits per heavy atom. The molecule has 0 aliphatic rings. The molecule has 5 heteroatoms. The van der Waals surface area contributed by atoms with Gasteiger partial charge in [-0.3, -0.25) is 0 Å². The summed E-state index contributed by atoms with van der Waals surface area (Å²) in [4.78, 5) is 0. The molecule has 0 radical (unpaired) electrons. The first kappa shape index (κ1) is 17.0. The lowest BCUT2D eigenvalue weighted by Crippen LogP contribution is -2.23. The molecule has 0 atom stereocenters. The summed E-state index contributed by atoms with van der Waals surface area (Å²) in [5.41, 5.74) is 1.46. The molecule has 0 aromatic carbocycles. The average molecular weight is 277 g/mol. The number of rotatable bonds is 3. The summed E-state index contributed by atoms with van der Waals surface area (Å²) in [5, 5.41) is 8.64. The van der Waals surface area contributed by atoms with Crippen molar-refractivity contribution in [3.05, 3.63) is 0 Å². The van der Waals surface area contributed by atoms with Gasteiger partial charge in [-0.2, -0.15) is 33.1 Å². The van der Waals surface area contributed by atoms with Gasteiger partial charge in [0.05, 0.1) is 0 Å². The van der Waals surface area contributed by atoms with Crippen LogP contribution in [0.3, 0.4) is 0 Å². The molecule has 0 spiro atoms. The molecule has 2 nitrogen and oxygen atoms in total. The molecule has 0 saturated heterocycles. The first-order chi connectivity index (χ1) is 7.44. The van der Waals surface area contributed by atoms with Crippen molar-refractivity contribution in [2.45, 2.75) is 54.8 Å². The summed E-state index contributed by atoms with van der Waals surface area (Å²) in [6, 6.07) is 0. The van der Waals surface area contributed by atoms with Crippen molar-refractivity contribution in [1.29, 1.82) is 0 Å². The molecule has 0 aliphatic heterocycles. The summed E-state index contributed by atoms with van der Waals surface area (Å²) in [5.74, 6) is 0. The summed E-state index contributed by atoms with van der Waals surface area (Å²) in [7, 11) is 0. The molecule has 0 rings (SSSR count). The van der Waals surface area contributed by atoms with Gasteiger partial charge in [-0.15, -0.1) is 0 Å². The third kappa shape index (κ3) is 7.10. The van der Waals surface area contributed by atoms with E-state index in [1.807, 2.05) is 6.92 Å². The third-order valence-electron chi connectivity index (χ3n) is 2.62. The molecule has 0 unspecified atom stereocenters. The fourth-order valence-electron chi connectivity index (χ4n) is 0.929. The van der Waals surface area contributed by atoms with Gasteiger partial charge in [-0.25, -0.2) is 0 Å². The highest BCUT2D eigenvalue weighted by atomic mass is 35.5. The minimum Gasteiger partial charge on any atom is -0.171 e. The fourth-order valence-corrected chi connectivity index (χ4v) is 1.22. The van der Waals surface area contributed by atoms with E-state index in [0.717, 1.165) is 11.4 Å². The lowest BCUT2D eigenvalue weighted by Gasteiger charge is -2.21. The Bertz CT molecular complexity index is 309. The van der Waals surface area contributed by atoms with E-state index in [4.69, 9.17) is 22.9 Å². The molecule has 17 heavy (non-hydrogen) atoms. The summed E-state index contributed by atoms with van der Waals surface area (Å²) in [6.45, 7) is 14.6. The second kappa shape index (κ2) is 6.24. The van der Waals surface area contributed by atoms with Gasteiger partial charge < -0.3 is 0 Å². The molecule has 0 amide bonds. The van der Waals surface area contributed by atoms with Crippen LogP contribution in [0.15, 0.2) is 10.2 Å². The molecular formula is C12H23BCl2N2. The maximum absolute atomic E-state index is 5.82. The highest BCUT2D eigenvalue weighted by molar-refractivity contribution is 7.34. The van der Waals surface area contributed by atoms with E-state index in [9.17, 15) is 0 Å². The monoisotopic (exact) mass is 276 g/mol. The zero-order valence-electron chi connectivity index (χ0n) is 11.9. The molecule has 0 bridgehead atoms. The van der Waals surface area contributed by atoms with Crippen LogP contribution in [0.2, 0.25) is 6.32 Å². The quantitative estimate of drug-likeness (QED) is 0.400. The van der Waals surface area contributed by atoms with E-state index < -0.39 is 5.54 Å². The lowest BCUT2D eigenvalue weighted by atomic mass is 9.81. The highest BCUT2D eigenvalue weighted by Crippen LogP contribution is 2.23. The first-order valence-corrected chi connectivity index (χ1v) is 6.72. The molecule has 0 N–H and O–H groups in total. The zero-order chi connectivity index (χ0) is 13.9. The number of hydrogen-bond donors (Lipinski definition) is 0. The van der Waals surface area contributed by atoms with Crippen LogP contribution in [0.4, 0.5) is 0 Å². The van der Waals surface area contributed by atoms with Crippen molar-refractivity contribution in [2.24, 2.45) is 21.0 Å². The molecule has 0 fully saturated rings.